The predicted octanol–water partition coefficient (Wildman–Crippen LogP) is 2.96. The first-order chi connectivity index (χ1) is 10.3. The lowest BCUT2D eigenvalue weighted by atomic mass is 10.1. The number of fused-ring (bicyclic) bond motifs is 1. The number of ether oxygens (including phenoxy) is 1. The zero-order valence-corrected chi connectivity index (χ0v) is 11.6. The zero-order valence-electron chi connectivity index (χ0n) is 11.6. The van der Waals surface area contributed by atoms with Crippen LogP contribution in [0.4, 0.5) is 0 Å². The average molecular weight is 283 g/mol. The largest absolute Gasteiger partial charge is 0.485 e. The van der Waals surface area contributed by atoms with Crippen molar-refractivity contribution in [3.8, 4) is 5.75 Å². The third kappa shape index (κ3) is 2.77. The normalized spacial score (nSPS) is 11.0. The van der Waals surface area contributed by atoms with Crippen LogP contribution in [0.25, 0.3) is 11.0 Å². The van der Waals surface area contributed by atoms with E-state index in [9.17, 15) is 0 Å². The molecular weight excluding hydrogens is 266 g/mol. The minimum absolute atomic E-state index is 0.0465. The van der Waals surface area contributed by atoms with Crippen molar-refractivity contribution in [2.75, 3.05) is 0 Å². The van der Waals surface area contributed by atoms with Crippen molar-refractivity contribution in [1.29, 1.82) is 0 Å². The summed E-state index contributed by atoms with van der Waals surface area (Å²) in [6.45, 7) is 0.778. The van der Waals surface area contributed by atoms with Crippen LogP contribution in [-0.2, 0) is 19.8 Å². The van der Waals surface area contributed by atoms with Crippen molar-refractivity contribution in [2.45, 2.75) is 19.8 Å². The van der Waals surface area contributed by atoms with Gasteiger partial charge in [-0.15, -0.1) is 0 Å². The highest BCUT2D eigenvalue weighted by atomic mass is 16.5. The van der Waals surface area contributed by atoms with Crippen molar-refractivity contribution in [2.24, 2.45) is 5.73 Å². The van der Waals surface area contributed by atoms with E-state index in [-0.39, 0.29) is 6.61 Å². The lowest BCUT2D eigenvalue weighted by Gasteiger charge is -2.07. The first-order valence-electron chi connectivity index (χ1n) is 6.83. The molecule has 21 heavy (non-hydrogen) atoms. The molecule has 3 rings (SSSR count). The fourth-order valence-electron chi connectivity index (χ4n) is 2.26. The first-order valence-corrected chi connectivity index (χ1v) is 6.83. The SMILES string of the molecule is NCc1oc2ccccc2c1OCc1ccc(CO)cc1. The van der Waals surface area contributed by atoms with E-state index in [1.165, 1.54) is 0 Å². The fraction of sp³-hybridized carbons (Fsp3) is 0.176. The van der Waals surface area contributed by atoms with Gasteiger partial charge in [-0.25, -0.2) is 0 Å². The van der Waals surface area contributed by atoms with Gasteiger partial charge in [0.2, 0.25) is 0 Å². The summed E-state index contributed by atoms with van der Waals surface area (Å²) in [6.07, 6.45) is 0. The van der Waals surface area contributed by atoms with Crippen molar-refractivity contribution >= 4 is 11.0 Å². The van der Waals surface area contributed by atoms with E-state index in [1.807, 2.05) is 48.5 Å². The minimum atomic E-state index is 0.0465. The van der Waals surface area contributed by atoms with E-state index in [1.54, 1.807) is 0 Å². The van der Waals surface area contributed by atoms with E-state index < -0.39 is 0 Å². The molecule has 4 nitrogen and oxygen atoms in total. The van der Waals surface area contributed by atoms with Gasteiger partial charge in [-0.1, -0.05) is 36.4 Å². The highest BCUT2D eigenvalue weighted by Crippen LogP contribution is 2.33. The number of aliphatic hydroxyl groups excluding tert-OH is 1. The van der Waals surface area contributed by atoms with E-state index in [0.29, 0.717) is 24.7 Å². The van der Waals surface area contributed by atoms with Gasteiger partial charge in [0.1, 0.15) is 12.2 Å². The highest BCUT2D eigenvalue weighted by Gasteiger charge is 2.14. The number of rotatable bonds is 5. The number of para-hydroxylation sites is 1. The molecule has 0 saturated heterocycles. The second-order valence-electron chi connectivity index (χ2n) is 4.82. The topological polar surface area (TPSA) is 68.6 Å². The summed E-state index contributed by atoms with van der Waals surface area (Å²) in [6, 6.07) is 15.4. The molecule has 0 aliphatic heterocycles. The summed E-state index contributed by atoms with van der Waals surface area (Å²) in [5, 5.41) is 9.97. The van der Waals surface area contributed by atoms with Crippen LogP contribution in [0.2, 0.25) is 0 Å². The third-order valence-corrected chi connectivity index (χ3v) is 3.39. The van der Waals surface area contributed by atoms with Gasteiger partial charge in [0.15, 0.2) is 11.5 Å². The number of benzene rings is 2. The maximum Gasteiger partial charge on any atom is 0.170 e. The zero-order chi connectivity index (χ0) is 14.7. The molecule has 108 valence electrons. The fourth-order valence-corrected chi connectivity index (χ4v) is 2.26. The van der Waals surface area contributed by atoms with Gasteiger partial charge < -0.3 is 20.0 Å². The third-order valence-electron chi connectivity index (χ3n) is 3.39. The lowest BCUT2D eigenvalue weighted by molar-refractivity contribution is 0.281. The summed E-state index contributed by atoms with van der Waals surface area (Å²) in [4.78, 5) is 0. The van der Waals surface area contributed by atoms with Gasteiger partial charge >= 0.3 is 0 Å². The molecule has 0 saturated carbocycles. The summed E-state index contributed by atoms with van der Waals surface area (Å²) < 4.78 is 11.6. The van der Waals surface area contributed by atoms with Crippen LogP contribution >= 0.6 is 0 Å². The molecule has 2 aromatic carbocycles. The molecule has 4 heteroatoms. The number of aliphatic hydroxyl groups is 1. The maximum absolute atomic E-state index is 9.04. The van der Waals surface area contributed by atoms with Crippen molar-refractivity contribution < 1.29 is 14.3 Å². The summed E-state index contributed by atoms with van der Waals surface area (Å²) >= 11 is 0. The Hall–Kier alpha value is -2.30. The van der Waals surface area contributed by atoms with Crippen molar-refractivity contribution in [1.82, 2.24) is 0 Å². The Balaban J connectivity index is 1.83. The van der Waals surface area contributed by atoms with Crippen LogP contribution in [0, 0.1) is 0 Å². The van der Waals surface area contributed by atoms with Crippen LogP contribution < -0.4 is 10.5 Å². The van der Waals surface area contributed by atoms with Gasteiger partial charge in [0, 0.05) is 0 Å². The van der Waals surface area contributed by atoms with Crippen LogP contribution in [0.3, 0.4) is 0 Å². The van der Waals surface area contributed by atoms with Gasteiger partial charge in [0.25, 0.3) is 0 Å². The summed E-state index contributed by atoms with van der Waals surface area (Å²) in [5.74, 6) is 1.36. The molecule has 3 aromatic rings. The van der Waals surface area contributed by atoms with E-state index in [4.69, 9.17) is 20.0 Å². The molecule has 3 N–H and O–H groups in total. The molecule has 0 aliphatic rings. The van der Waals surface area contributed by atoms with Gasteiger partial charge in [-0.2, -0.15) is 0 Å². The molecule has 0 radical (unpaired) electrons. The maximum atomic E-state index is 9.04. The molecule has 0 atom stereocenters. The van der Waals surface area contributed by atoms with Crippen molar-refractivity contribution in [3.63, 3.8) is 0 Å². The summed E-state index contributed by atoms with van der Waals surface area (Å²) in [7, 11) is 0. The van der Waals surface area contributed by atoms with E-state index in [0.717, 1.165) is 22.1 Å². The molecule has 0 spiro atoms. The first kappa shape index (κ1) is 13.7. The van der Waals surface area contributed by atoms with Crippen LogP contribution in [0.5, 0.6) is 5.75 Å². The quantitative estimate of drug-likeness (QED) is 0.755. The Morgan fingerprint density at radius 3 is 2.43 bits per heavy atom. The number of furan rings is 1. The number of hydrogen-bond donors (Lipinski definition) is 2. The van der Waals surface area contributed by atoms with Gasteiger partial charge in [0.05, 0.1) is 18.5 Å². The second kappa shape index (κ2) is 5.99. The number of hydrogen-bond acceptors (Lipinski definition) is 4. The van der Waals surface area contributed by atoms with Crippen LogP contribution in [-0.4, -0.2) is 5.11 Å². The minimum Gasteiger partial charge on any atom is -0.485 e. The van der Waals surface area contributed by atoms with Gasteiger partial charge in [-0.05, 0) is 23.3 Å². The molecular formula is C17H17NO3. The van der Waals surface area contributed by atoms with Crippen LogP contribution in [0.1, 0.15) is 16.9 Å². The molecule has 0 bridgehead atoms. The predicted molar refractivity (Wildman–Crippen MR) is 80.8 cm³/mol. The molecule has 0 fully saturated rings. The van der Waals surface area contributed by atoms with E-state index in [2.05, 4.69) is 0 Å². The Morgan fingerprint density at radius 1 is 1.00 bits per heavy atom. The lowest BCUT2D eigenvalue weighted by Crippen LogP contribution is -2.00. The molecule has 0 aliphatic carbocycles. The Labute approximate surface area is 122 Å². The summed E-state index contributed by atoms with van der Waals surface area (Å²) in [5.41, 5.74) is 8.41. The standard InChI is InChI=1S/C17H17NO3/c18-9-16-17(14-3-1-2-4-15(14)21-16)20-11-13-7-5-12(10-19)6-8-13/h1-8,19H,9-11,18H2. The Bertz CT molecular complexity index is 731. The smallest absolute Gasteiger partial charge is 0.170 e. The van der Waals surface area contributed by atoms with Gasteiger partial charge in [-0.3, -0.25) is 0 Å². The van der Waals surface area contributed by atoms with Crippen LogP contribution in [0.15, 0.2) is 52.9 Å². The molecule has 0 amide bonds. The van der Waals surface area contributed by atoms with Crippen molar-refractivity contribution in [3.05, 3.63) is 65.4 Å². The Kier molecular flexibility index (Phi) is 3.90. The average Bonchev–Trinajstić information content (AvgIpc) is 2.91. The molecule has 1 heterocycles. The highest BCUT2D eigenvalue weighted by molar-refractivity contribution is 5.85. The van der Waals surface area contributed by atoms with E-state index >= 15 is 0 Å². The monoisotopic (exact) mass is 283 g/mol. The Morgan fingerprint density at radius 2 is 1.71 bits per heavy atom. The molecule has 0 unspecified atom stereocenters. The number of nitrogens with two attached hydrogens (primary N) is 1. The molecule has 1 aromatic heterocycles. The second-order valence-corrected chi connectivity index (χ2v) is 4.82.